The molecule has 3 rings (SSSR count). The molecule has 2 aromatic carbocycles. The summed E-state index contributed by atoms with van der Waals surface area (Å²) in [5.41, 5.74) is 2.86. The summed E-state index contributed by atoms with van der Waals surface area (Å²) in [5, 5.41) is 10.1. The highest BCUT2D eigenvalue weighted by Gasteiger charge is 2.27. The lowest BCUT2D eigenvalue weighted by molar-refractivity contribution is 0.267. The van der Waals surface area contributed by atoms with Crippen LogP contribution >= 0.6 is 15.9 Å². The van der Waals surface area contributed by atoms with Gasteiger partial charge in [-0.15, -0.1) is 0 Å². The lowest BCUT2D eigenvalue weighted by atomic mass is 10.0. The molecule has 29 heavy (non-hydrogen) atoms. The Hall–Kier alpha value is -2.00. The normalized spacial score (nSPS) is 12.0. The number of aromatic nitrogens is 1. The summed E-state index contributed by atoms with van der Waals surface area (Å²) in [4.78, 5) is 15.7. The van der Waals surface area contributed by atoms with Crippen LogP contribution in [0, 0.1) is 13.8 Å². The minimum atomic E-state index is -3.86. The Labute approximate surface area is 178 Å². The smallest absolute Gasteiger partial charge is 0.252 e. The van der Waals surface area contributed by atoms with Gasteiger partial charge in [-0.25, -0.2) is 8.42 Å². The molecule has 8 heteroatoms. The van der Waals surface area contributed by atoms with Crippen LogP contribution in [0.1, 0.15) is 23.1 Å². The van der Waals surface area contributed by atoms with Gasteiger partial charge in [0.25, 0.3) is 5.56 Å². The number of H-pyrrole nitrogens is 1. The van der Waals surface area contributed by atoms with E-state index in [-0.39, 0.29) is 36.6 Å². The van der Waals surface area contributed by atoms with Gasteiger partial charge in [-0.05, 0) is 70.9 Å². The van der Waals surface area contributed by atoms with Crippen LogP contribution in [0.5, 0.6) is 0 Å². The standard InChI is InChI=1S/C21H23BrN2O4S/c1-14-8-9-16-12-17(21(26)23-20(16)15(14)2)13-24(10-5-11-25)29(27,28)19-7-4-3-6-18(19)22/h3-4,6-9,12,25H,5,10-11,13H2,1-2H3,(H,23,26). The number of rotatable bonds is 7. The monoisotopic (exact) mass is 478 g/mol. The predicted molar refractivity (Wildman–Crippen MR) is 117 cm³/mol. The summed E-state index contributed by atoms with van der Waals surface area (Å²) >= 11 is 3.29. The maximum Gasteiger partial charge on any atom is 0.252 e. The topological polar surface area (TPSA) is 90.5 Å². The van der Waals surface area contributed by atoms with Gasteiger partial charge in [0.1, 0.15) is 0 Å². The largest absolute Gasteiger partial charge is 0.396 e. The van der Waals surface area contributed by atoms with E-state index < -0.39 is 10.0 Å². The van der Waals surface area contributed by atoms with Crippen molar-refractivity contribution in [2.75, 3.05) is 13.2 Å². The van der Waals surface area contributed by atoms with Crippen molar-refractivity contribution >= 4 is 36.9 Å². The van der Waals surface area contributed by atoms with Gasteiger partial charge < -0.3 is 10.1 Å². The van der Waals surface area contributed by atoms with Crippen LogP contribution in [-0.4, -0.2) is 36.0 Å². The van der Waals surface area contributed by atoms with Crippen molar-refractivity contribution < 1.29 is 13.5 Å². The Morgan fingerprint density at radius 1 is 1.14 bits per heavy atom. The zero-order valence-electron chi connectivity index (χ0n) is 16.3. The van der Waals surface area contributed by atoms with Crippen molar-refractivity contribution in [1.29, 1.82) is 0 Å². The van der Waals surface area contributed by atoms with Crippen LogP contribution in [0.2, 0.25) is 0 Å². The molecule has 1 aromatic heterocycles. The lowest BCUT2D eigenvalue weighted by Crippen LogP contribution is -2.34. The van der Waals surface area contributed by atoms with Gasteiger partial charge in [-0.1, -0.05) is 24.3 Å². The van der Waals surface area contributed by atoms with Gasteiger partial charge in [-0.3, -0.25) is 4.79 Å². The maximum atomic E-state index is 13.2. The van der Waals surface area contributed by atoms with Gasteiger partial charge in [0.15, 0.2) is 0 Å². The third-order valence-corrected chi connectivity index (χ3v) is 7.85. The van der Waals surface area contributed by atoms with Gasteiger partial charge in [-0.2, -0.15) is 4.31 Å². The van der Waals surface area contributed by atoms with Gasteiger partial charge in [0.2, 0.25) is 10.0 Å². The second kappa shape index (κ2) is 8.79. The summed E-state index contributed by atoms with van der Waals surface area (Å²) in [6.45, 7) is 3.79. The van der Waals surface area contributed by atoms with Crippen LogP contribution in [0.25, 0.3) is 10.9 Å². The number of aliphatic hydroxyl groups excluding tert-OH is 1. The SMILES string of the molecule is Cc1ccc2cc(CN(CCCO)S(=O)(=O)c3ccccc3Br)c(=O)[nH]c2c1C. The first-order chi connectivity index (χ1) is 13.8. The number of aromatic amines is 1. The van der Waals surface area contributed by atoms with Gasteiger partial charge in [0.05, 0.1) is 10.4 Å². The highest BCUT2D eigenvalue weighted by Crippen LogP contribution is 2.26. The first-order valence-electron chi connectivity index (χ1n) is 9.23. The average Bonchev–Trinajstić information content (AvgIpc) is 2.69. The maximum absolute atomic E-state index is 13.2. The molecule has 0 bridgehead atoms. The molecule has 0 saturated carbocycles. The molecule has 0 atom stereocenters. The number of nitrogens with zero attached hydrogens (tertiary/aromatic N) is 1. The van der Waals surface area contributed by atoms with Gasteiger partial charge in [0, 0.05) is 29.7 Å². The second-order valence-electron chi connectivity index (χ2n) is 6.94. The average molecular weight is 479 g/mol. The molecule has 0 spiro atoms. The Morgan fingerprint density at radius 3 is 2.55 bits per heavy atom. The first kappa shape index (κ1) is 21.7. The van der Waals surface area contributed by atoms with E-state index in [2.05, 4.69) is 20.9 Å². The summed E-state index contributed by atoms with van der Waals surface area (Å²) in [6.07, 6.45) is 0.271. The molecule has 0 aliphatic heterocycles. The van der Waals surface area contributed by atoms with Crippen LogP contribution < -0.4 is 5.56 Å². The highest BCUT2D eigenvalue weighted by atomic mass is 79.9. The Kier molecular flexibility index (Phi) is 6.58. The van der Waals surface area contributed by atoms with E-state index >= 15 is 0 Å². The van der Waals surface area contributed by atoms with Gasteiger partial charge >= 0.3 is 0 Å². The van der Waals surface area contributed by atoms with Crippen LogP contribution in [-0.2, 0) is 16.6 Å². The van der Waals surface area contributed by atoms with Crippen molar-refractivity contribution in [3.8, 4) is 0 Å². The number of aryl methyl sites for hydroxylation is 2. The Balaban J connectivity index is 2.06. The third kappa shape index (κ3) is 4.45. The van der Waals surface area contributed by atoms with Crippen LogP contribution in [0.3, 0.4) is 0 Å². The third-order valence-electron chi connectivity index (χ3n) is 4.99. The lowest BCUT2D eigenvalue weighted by Gasteiger charge is -2.22. The van der Waals surface area contributed by atoms with Crippen molar-refractivity contribution in [3.05, 3.63) is 74.0 Å². The van der Waals surface area contributed by atoms with Crippen LogP contribution in [0.15, 0.2) is 56.6 Å². The molecule has 6 nitrogen and oxygen atoms in total. The fourth-order valence-corrected chi connectivity index (χ4v) is 5.62. The Morgan fingerprint density at radius 2 is 1.86 bits per heavy atom. The first-order valence-corrected chi connectivity index (χ1v) is 11.5. The van der Waals surface area contributed by atoms with E-state index in [1.54, 1.807) is 24.3 Å². The highest BCUT2D eigenvalue weighted by molar-refractivity contribution is 9.10. The Bertz CT molecular complexity index is 1210. The van der Waals surface area contributed by atoms with Crippen molar-refractivity contribution in [1.82, 2.24) is 9.29 Å². The van der Waals surface area contributed by atoms with Crippen molar-refractivity contribution in [2.24, 2.45) is 0 Å². The van der Waals surface area contributed by atoms with E-state index in [1.165, 1.54) is 10.4 Å². The van der Waals surface area contributed by atoms with E-state index in [0.29, 0.717) is 10.0 Å². The molecule has 0 saturated heterocycles. The number of nitrogens with one attached hydrogen (secondary N) is 1. The zero-order valence-corrected chi connectivity index (χ0v) is 18.7. The molecular weight excluding hydrogens is 456 g/mol. The fraction of sp³-hybridized carbons (Fsp3) is 0.286. The molecule has 0 aliphatic carbocycles. The number of pyridine rings is 1. The van der Waals surface area contributed by atoms with E-state index in [1.807, 2.05) is 26.0 Å². The summed E-state index contributed by atoms with van der Waals surface area (Å²) in [6, 6.07) is 12.2. The van der Waals surface area contributed by atoms with Crippen molar-refractivity contribution in [2.45, 2.75) is 31.7 Å². The number of hydrogen-bond donors (Lipinski definition) is 2. The summed E-state index contributed by atoms with van der Waals surface area (Å²) < 4.78 is 28.2. The number of halogens is 1. The summed E-state index contributed by atoms with van der Waals surface area (Å²) in [7, 11) is -3.86. The molecule has 0 radical (unpaired) electrons. The molecule has 1 heterocycles. The molecule has 0 aliphatic rings. The number of hydrogen-bond acceptors (Lipinski definition) is 4. The zero-order chi connectivity index (χ0) is 21.2. The summed E-state index contributed by atoms with van der Waals surface area (Å²) in [5.74, 6) is 0. The molecular formula is C21H23BrN2O4S. The minimum absolute atomic E-state index is 0.0815. The van der Waals surface area contributed by atoms with Crippen LogP contribution in [0.4, 0.5) is 0 Å². The van der Waals surface area contributed by atoms with E-state index in [4.69, 9.17) is 0 Å². The molecule has 3 aromatic rings. The predicted octanol–water partition coefficient (Wildman–Crippen LogP) is 3.48. The fourth-order valence-electron chi connectivity index (χ4n) is 3.20. The minimum Gasteiger partial charge on any atom is -0.396 e. The molecule has 154 valence electrons. The number of aliphatic hydroxyl groups is 1. The molecule has 0 unspecified atom stereocenters. The number of fused-ring (bicyclic) bond motifs is 1. The quantitative estimate of drug-likeness (QED) is 0.543. The number of benzene rings is 2. The molecule has 0 amide bonds. The molecule has 2 N–H and O–H groups in total. The second-order valence-corrected chi connectivity index (χ2v) is 9.70. The molecule has 0 fully saturated rings. The van der Waals surface area contributed by atoms with E-state index in [0.717, 1.165) is 22.0 Å². The van der Waals surface area contributed by atoms with E-state index in [9.17, 15) is 18.3 Å². The number of sulfonamides is 1. The van der Waals surface area contributed by atoms with Crippen molar-refractivity contribution in [3.63, 3.8) is 0 Å².